The first kappa shape index (κ1) is 20.1. The van der Waals surface area contributed by atoms with E-state index >= 15 is 0 Å². The summed E-state index contributed by atoms with van der Waals surface area (Å²) in [6.07, 6.45) is 17.2. The van der Waals surface area contributed by atoms with Crippen LogP contribution in [0.3, 0.4) is 0 Å². The molecule has 0 saturated heterocycles. The van der Waals surface area contributed by atoms with E-state index in [1.165, 1.54) is 38.5 Å². The fourth-order valence-electron chi connectivity index (χ4n) is 5.82. The van der Waals surface area contributed by atoms with Crippen molar-refractivity contribution in [3.63, 3.8) is 0 Å². The van der Waals surface area contributed by atoms with Gasteiger partial charge in [-0.05, 0) is 43.9 Å². The summed E-state index contributed by atoms with van der Waals surface area (Å²) in [6.45, 7) is 2.21. The minimum atomic E-state index is -0.390. The molecule has 0 heterocycles. The van der Waals surface area contributed by atoms with Crippen LogP contribution in [0.25, 0.3) is 0 Å². The zero-order chi connectivity index (χ0) is 18.6. The second kappa shape index (κ2) is 9.01. The molecule has 148 valence electrons. The van der Waals surface area contributed by atoms with Gasteiger partial charge in [-0.1, -0.05) is 64.0 Å². The molecule has 3 aliphatic carbocycles. The van der Waals surface area contributed by atoms with Crippen LogP contribution in [0.4, 0.5) is 0 Å². The normalized spacial score (nSPS) is 36.7. The fraction of sp³-hybridized carbons (Fsp3) is 0.870. The van der Waals surface area contributed by atoms with E-state index in [1.54, 1.807) is 0 Å². The first-order valence-electron chi connectivity index (χ1n) is 11.2. The van der Waals surface area contributed by atoms with E-state index in [2.05, 4.69) is 13.0 Å². The first-order valence-corrected chi connectivity index (χ1v) is 11.2. The summed E-state index contributed by atoms with van der Waals surface area (Å²) in [4.78, 5) is 12.5. The number of aliphatic hydroxyl groups is 2. The average molecular weight is 363 g/mol. The third-order valence-corrected chi connectivity index (χ3v) is 7.61. The summed E-state index contributed by atoms with van der Waals surface area (Å²) in [6, 6.07) is 0. The second-order valence-electron chi connectivity index (χ2n) is 9.16. The number of fused-ring (bicyclic) bond motifs is 1. The highest BCUT2D eigenvalue weighted by molar-refractivity contribution is 5.91. The van der Waals surface area contributed by atoms with Crippen LogP contribution >= 0.6 is 0 Å². The van der Waals surface area contributed by atoms with Gasteiger partial charge in [0.15, 0.2) is 0 Å². The summed E-state index contributed by atoms with van der Waals surface area (Å²) in [5, 5.41) is 21.1. The van der Waals surface area contributed by atoms with E-state index in [9.17, 15) is 15.0 Å². The molecule has 5 atom stereocenters. The Morgan fingerprint density at radius 3 is 2.62 bits per heavy atom. The maximum atomic E-state index is 12.5. The van der Waals surface area contributed by atoms with Gasteiger partial charge in [-0.2, -0.15) is 0 Å². The maximum absolute atomic E-state index is 12.5. The summed E-state index contributed by atoms with van der Waals surface area (Å²) in [7, 11) is 0. The van der Waals surface area contributed by atoms with Gasteiger partial charge in [-0.15, -0.1) is 0 Å². The SMILES string of the molecule is CCCCCC[C@@]12CC[C@H](O)[C@@H](/C=C/[C@H](O)C3CCCCC3)[C@@H]1CC2=O. The van der Waals surface area contributed by atoms with E-state index in [0.717, 1.165) is 38.5 Å². The minimum absolute atomic E-state index is 0.0471. The van der Waals surface area contributed by atoms with Gasteiger partial charge in [0, 0.05) is 17.8 Å². The molecule has 0 aliphatic heterocycles. The fourth-order valence-corrected chi connectivity index (χ4v) is 5.82. The zero-order valence-corrected chi connectivity index (χ0v) is 16.5. The molecule has 2 N–H and O–H groups in total. The minimum Gasteiger partial charge on any atom is -0.393 e. The van der Waals surface area contributed by atoms with E-state index in [-0.39, 0.29) is 29.5 Å². The Balaban J connectivity index is 1.62. The van der Waals surface area contributed by atoms with E-state index in [0.29, 0.717) is 18.1 Å². The molecule has 0 aromatic rings. The zero-order valence-electron chi connectivity index (χ0n) is 16.5. The van der Waals surface area contributed by atoms with Gasteiger partial charge >= 0.3 is 0 Å². The van der Waals surface area contributed by atoms with Gasteiger partial charge in [0.05, 0.1) is 12.2 Å². The van der Waals surface area contributed by atoms with Crippen molar-refractivity contribution < 1.29 is 15.0 Å². The summed E-state index contributed by atoms with van der Waals surface area (Å²) < 4.78 is 0. The van der Waals surface area contributed by atoms with Crippen LogP contribution in [0.1, 0.15) is 90.4 Å². The molecule has 3 saturated carbocycles. The molecule has 0 amide bonds. The predicted molar refractivity (Wildman–Crippen MR) is 105 cm³/mol. The molecular weight excluding hydrogens is 324 g/mol. The van der Waals surface area contributed by atoms with Crippen LogP contribution in [0.2, 0.25) is 0 Å². The number of hydrogen-bond donors (Lipinski definition) is 2. The van der Waals surface area contributed by atoms with Crippen molar-refractivity contribution in [1.82, 2.24) is 0 Å². The standard InChI is InChI=1S/C23H38O3/c1-2-3-4-8-14-23-15-13-21(25)18(19(23)16-22(23)26)11-12-20(24)17-9-6-5-7-10-17/h11-12,17-21,24-25H,2-10,13-16H2,1H3/b12-11+/t18-,19-,20-,21-,23+/m0/s1. The van der Waals surface area contributed by atoms with Crippen molar-refractivity contribution in [2.45, 2.75) is 103 Å². The van der Waals surface area contributed by atoms with Crippen LogP contribution in [0, 0.1) is 23.2 Å². The predicted octanol–water partition coefficient (Wildman–Crippen LogP) is 4.80. The summed E-state index contributed by atoms with van der Waals surface area (Å²) in [5.41, 5.74) is -0.169. The van der Waals surface area contributed by atoms with E-state index < -0.39 is 0 Å². The van der Waals surface area contributed by atoms with Gasteiger partial charge < -0.3 is 10.2 Å². The third kappa shape index (κ3) is 4.09. The Kier molecular flexibility index (Phi) is 6.96. The van der Waals surface area contributed by atoms with Gasteiger partial charge in [-0.25, -0.2) is 0 Å². The Morgan fingerprint density at radius 1 is 1.15 bits per heavy atom. The Morgan fingerprint density at radius 2 is 1.92 bits per heavy atom. The van der Waals surface area contributed by atoms with Crippen molar-refractivity contribution in [3.05, 3.63) is 12.2 Å². The van der Waals surface area contributed by atoms with Gasteiger partial charge in [0.25, 0.3) is 0 Å². The number of hydrogen-bond acceptors (Lipinski definition) is 3. The van der Waals surface area contributed by atoms with Gasteiger partial charge in [0.2, 0.25) is 0 Å². The molecule has 3 fully saturated rings. The lowest BCUT2D eigenvalue weighted by atomic mass is 9.47. The van der Waals surface area contributed by atoms with Crippen LogP contribution in [-0.4, -0.2) is 28.2 Å². The van der Waals surface area contributed by atoms with Crippen molar-refractivity contribution in [1.29, 1.82) is 0 Å². The van der Waals surface area contributed by atoms with Crippen molar-refractivity contribution in [2.75, 3.05) is 0 Å². The second-order valence-corrected chi connectivity index (χ2v) is 9.16. The highest BCUT2D eigenvalue weighted by Gasteiger charge is 2.59. The van der Waals surface area contributed by atoms with Crippen molar-refractivity contribution >= 4 is 5.78 Å². The Bertz CT molecular complexity index is 494. The number of ketones is 1. The van der Waals surface area contributed by atoms with Crippen LogP contribution < -0.4 is 0 Å². The number of rotatable bonds is 8. The van der Waals surface area contributed by atoms with E-state index in [4.69, 9.17) is 0 Å². The number of carbonyl (C=O) groups excluding carboxylic acids is 1. The molecule has 0 aromatic heterocycles. The van der Waals surface area contributed by atoms with Crippen LogP contribution in [0.15, 0.2) is 12.2 Å². The average Bonchev–Trinajstić information content (AvgIpc) is 2.66. The number of unbranched alkanes of at least 4 members (excludes halogenated alkanes) is 3. The molecule has 0 radical (unpaired) electrons. The third-order valence-electron chi connectivity index (χ3n) is 7.61. The Hall–Kier alpha value is -0.670. The van der Waals surface area contributed by atoms with Crippen molar-refractivity contribution in [3.8, 4) is 0 Å². The van der Waals surface area contributed by atoms with Gasteiger partial charge in [0.1, 0.15) is 5.78 Å². The van der Waals surface area contributed by atoms with Gasteiger partial charge in [-0.3, -0.25) is 4.79 Å². The number of carbonyl (C=O) groups is 1. The smallest absolute Gasteiger partial charge is 0.139 e. The summed E-state index contributed by atoms with van der Waals surface area (Å²) >= 11 is 0. The lowest BCUT2D eigenvalue weighted by Crippen LogP contribution is -2.58. The maximum Gasteiger partial charge on any atom is 0.139 e. The largest absolute Gasteiger partial charge is 0.393 e. The summed E-state index contributed by atoms with van der Waals surface area (Å²) in [5.74, 6) is 1.14. The van der Waals surface area contributed by atoms with Crippen LogP contribution in [0.5, 0.6) is 0 Å². The molecule has 3 aliphatic rings. The molecule has 3 heteroatoms. The monoisotopic (exact) mass is 362 g/mol. The quantitative estimate of drug-likeness (QED) is 0.482. The molecule has 26 heavy (non-hydrogen) atoms. The lowest BCUT2D eigenvalue weighted by molar-refractivity contribution is -0.161. The molecule has 0 spiro atoms. The molecule has 0 aromatic carbocycles. The number of aliphatic hydroxyl groups excluding tert-OH is 2. The van der Waals surface area contributed by atoms with E-state index in [1.807, 2.05) is 6.08 Å². The molecule has 0 unspecified atom stereocenters. The lowest BCUT2D eigenvalue weighted by Gasteiger charge is -2.56. The highest BCUT2D eigenvalue weighted by Crippen LogP contribution is 2.58. The van der Waals surface area contributed by atoms with Crippen LogP contribution in [-0.2, 0) is 4.79 Å². The topological polar surface area (TPSA) is 57.5 Å². The highest BCUT2D eigenvalue weighted by atomic mass is 16.3. The first-order chi connectivity index (χ1) is 12.6. The Labute approximate surface area is 159 Å². The molecule has 0 bridgehead atoms. The molecular formula is C23H38O3. The number of Topliss-reactive ketones (excluding diaryl/α,β-unsaturated/α-hetero) is 1. The van der Waals surface area contributed by atoms with Crippen molar-refractivity contribution in [2.24, 2.45) is 23.2 Å². The molecule has 3 nitrogen and oxygen atoms in total. The molecule has 3 rings (SSSR count).